The molecule has 0 saturated heterocycles. The fourth-order valence-electron chi connectivity index (χ4n) is 2.41. The van der Waals surface area contributed by atoms with Crippen LogP contribution in [-0.4, -0.2) is 24.7 Å². The third kappa shape index (κ3) is 3.86. The second kappa shape index (κ2) is 6.78. The third-order valence-electron chi connectivity index (χ3n) is 3.53. The van der Waals surface area contributed by atoms with Gasteiger partial charge >= 0.3 is 0 Å². The monoisotopic (exact) mass is 357 g/mol. The van der Waals surface area contributed by atoms with E-state index in [2.05, 4.69) is 14.9 Å². The molecule has 3 N–H and O–H groups in total. The molecule has 0 bridgehead atoms. The minimum atomic E-state index is -3.68. The molecule has 3 aromatic rings. The predicted octanol–water partition coefficient (Wildman–Crippen LogP) is 1.69. The van der Waals surface area contributed by atoms with Crippen LogP contribution in [0.4, 0.5) is 0 Å². The van der Waals surface area contributed by atoms with Gasteiger partial charge in [0.25, 0.3) is 15.6 Å². The van der Waals surface area contributed by atoms with Crippen LogP contribution in [0.2, 0.25) is 0 Å². The average molecular weight is 357 g/mol. The Balaban J connectivity index is 1.85. The van der Waals surface area contributed by atoms with Gasteiger partial charge in [0.05, 0.1) is 17.5 Å². The van der Waals surface area contributed by atoms with Gasteiger partial charge in [-0.1, -0.05) is 48.5 Å². The summed E-state index contributed by atoms with van der Waals surface area (Å²) in [6.45, 7) is 0. The number of nitrogens with one attached hydrogen (secondary N) is 2. The highest BCUT2D eigenvalue weighted by Gasteiger charge is 2.11. The van der Waals surface area contributed by atoms with Crippen molar-refractivity contribution in [2.24, 2.45) is 5.10 Å². The number of aromatic hydroxyl groups is 1. The molecular formula is C17H15N3O4S. The van der Waals surface area contributed by atoms with E-state index in [1.165, 1.54) is 0 Å². The van der Waals surface area contributed by atoms with Crippen molar-refractivity contribution in [3.63, 3.8) is 0 Å². The maximum atomic E-state index is 12.0. The minimum absolute atomic E-state index is 0.219. The van der Waals surface area contributed by atoms with Gasteiger partial charge in [0.1, 0.15) is 0 Å². The average Bonchev–Trinajstić information content (AvgIpc) is 2.58. The van der Waals surface area contributed by atoms with Crippen molar-refractivity contribution >= 4 is 27.0 Å². The Bertz CT molecular complexity index is 1090. The molecule has 0 spiro atoms. The van der Waals surface area contributed by atoms with Gasteiger partial charge in [-0.05, 0) is 11.6 Å². The summed E-state index contributed by atoms with van der Waals surface area (Å²) < 4.78 is 24.1. The summed E-state index contributed by atoms with van der Waals surface area (Å²) in [6, 6.07) is 15.3. The zero-order valence-corrected chi connectivity index (χ0v) is 13.8. The normalized spacial score (nSPS) is 11.8. The Morgan fingerprint density at radius 3 is 2.40 bits per heavy atom. The summed E-state index contributed by atoms with van der Waals surface area (Å²) in [5.74, 6) is -0.599. The van der Waals surface area contributed by atoms with Crippen LogP contribution in [0.5, 0.6) is 5.88 Å². The van der Waals surface area contributed by atoms with Crippen molar-refractivity contribution in [2.75, 3.05) is 0 Å². The summed E-state index contributed by atoms with van der Waals surface area (Å²) in [5, 5.41) is 14.5. The van der Waals surface area contributed by atoms with E-state index in [4.69, 9.17) is 0 Å². The lowest BCUT2D eigenvalue weighted by molar-refractivity contribution is 0.452. The van der Waals surface area contributed by atoms with Crippen molar-refractivity contribution < 1.29 is 13.5 Å². The van der Waals surface area contributed by atoms with Crippen molar-refractivity contribution in [3.8, 4) is 5.88 Å². The zero-order valence-electron chi connectivity index (χ0n) is 13.0. The Morgan fingerprint density at radius 1 is 1.04 bits per heavy atom. The quantitative estimate of drug-likeness (QED) is 0.476. The number of sulfonamides is 1. The molecule has 8 heteroatoms. The molecule has 2 aromatic carbocycles. The van der Waals surface area contributed by atoms with Gasteiger partial charge < -0.3 is 5.11 Å². The first-order chi connectivity index (χ1) is 12.0. The first-order valence-electron chi connectivity index (χ1n) is 7.37. The van der Waals surface area contributed by atoms with Gasteiger partial charge in [0.2, 0.25) is 5.88 Å². The van der Waals surface area contributed by atoms with Crippen LogP contribution >= 0.6 is 0 Å². The molecule has 128 valence electrons. The smallest absolute Gasteiger partial charge is 0.258 e. The molecule has 0 unspecified atom stereocenters. The standard InChI is InChI=1S/C17H15N3O4S/c21-16-14-9-5-4-8-13(14)15(17(22)19-16)10-18-20-25(23,24)11-12-6-2-1-3-7-12/h1-10,20H,11H2,(H2,19,21,22). The Kier molecular flexibility index (Phi) is 4.53. The molecule has 25 heavy (non-hydrogen) atoms. The number of aromatic amines is 1. The van der Waals surface area contributed by atoms with Gasteiger partial charge in [0.15, 0.2) is 0 Å². The highest BCUT2D eigenvalue weighted by atomic mass is 32.2. The van der Waals surface area contributed by atoms with Crippen molar-refractivity contribution in [1.29, 1.82) is 0 Å². The van der Waals surface area contributed by atoms with E-state index in [9.17, 15) is 18.3 Å². The number of pyridine rings is 1. The van der Waals surface area contributed by atoms with Crippen molar-refractivity contribution in [3.05, 3.63) is 76.1 Å². The number of rotatable bonds is 5. The number of aromatic nitrogens is 1. The number of H-pyrrole nitrogens is 1. The fraction of sp³-hybridized carbons (Fsp3) is 0.0588. The molecule has 0 amide bonds. The fourth-order valence-corrected chi connectivity index (χ4v) is 3.32. The largest absolute Gasteiger partial charge is 0.494 e. The van der Waals surface area contributed by atoms with Crippen LogP contribution in [0.25, 0.3) is 10.8 Å². The highest BCUT2D eigenvalue weighted by Crippen LogP contribution is 2.20. The van der Waals surface area contributed by atoms with Gasteiger partial charge in [-0.2, -0.15) is 5.10 Å². The lowest BCUT2D eigenvalue weighted by Gasteiger charge is -2.05. The van der Waals surface area contributed by atoms with Gasteiger partial charge in [-0.15, -0.1) is 0 Å². The van der Waals surface area contributed by atoms with Gasteiger partial charge in [-0.25, -0.2) is 13.2 Å². The molecule has 0 radical (unpaired) electrons. The summed E-state index contributed by atoms with van der Waals surface area (Å²) in [4.78, 5) is 16.2. The van der Waals surface area contributed by atoms with Crippen LogP contribution in [0.15, 0.2) is 64.5 Å². The Labute approximate surface area is 143 Å². The van der Waals surface area contributed by atoms with E-state index in [1.54, 1.807) is 54.6 Å². The number of nitrogens with zero attached hydrogens (tertiary/aromatic N) is 1. The molecule has 0 aliphatic rings. The molecule has 0 aliphatic heterocycles. The molecule has 0 atom stereocenters. The SMILES string of the molecule is O=c1[nH]c(O)c(C=NNS(=O)(=O)Cc2ccccc2)c2ccccc12. The van der Waals surface area contributed by atoms with Gasteiger partial charge in [-0.3, -0.25) is 9.78 Å². The van der Waals surface area contributed by atoms with E-state index >= 15 is 0 Å². The van der Waals surface area contributed by atoms with Gasteiger partial charge in [0, 0.05) is 10.8 Å². The van der Waals surface area contributed by atoms with E-state index in [0.29, 0.717) is 16.3 Å². The maximum Gasteiger partial charge on any atom is 0.258 e. The molecular weight excluding hydrogens is 342 g/mol. The molecule has 1 aromatic heterocycles. The lowest BCUT2D eigenvalue weighted by atomic mass is 10.1. The van der Waals surface area contributed by atoms with Crippen LogP contribution in [0.3, 0.4) is 0 Å². The molecule has 0 aliphatic carbocycles. The summed E-state index contributed by atoms with van der Waals surface area (Å²) in [5.41, 5.74) is 0.412. The minimum Gasteiger partial charge on any atom is -0.494 e. The van der Waals surface area contributed by atoms with E-state index in [1.807, 2.05) is 0 Å². The molecule has 3 rings (SSSR count). The third-order valence-corrected chi connectivity index (χ3v) is 4.63. The molecule has 7 nitrogen and oxygen atoms in total. The number of fused-ring (bicyclic) bond motifs is 1. The lowest BCUT2D eigenvalue weighted by Crippen LogP contribution is -2.20. The van der Waals surface area contributed by atoms with Crippen LogP contribution in [0.1, 0.15) is 11.1 Å². The van der Waals surface area contributed by atoms with Crippen LogP contribution in [0, 0.1) is 0 Å². The Morgan fingerprint density at radius 2 is 1.68 bits per heavy atom. The second-order valence-electron chi connectivity index (χ2n) is 5.36. The number of hydrazone groups is 1. The summed E-state index contributed by atoms with van der Waals surface area (Å²) in [6.07, 6.45) is 1.16. The van der Waals surface area contributed by atoms with Crippen LogP contribution in [-0.2, 0) is 15.8 Å². The number of hydrogen-bond donors (Lipinski definition) is 3. The van der Waals surface area contributed by atoms with Crippen molar-refractivity contribution in [2.45, 2.75) is 5.75 Å². The molecule has 0 saturated carbocycles. The summed E-state index contributed by atoms with van der Waals surface area (Å²) >= 11 is 0. The number of benzene rings is 2. The van der Waals surface area contributed by atoms with E-state index in [-0.39, 0.29) is 17.2 Å². The van der Waals surface area contributed by atoms with Crippen LogP contribution < -0.4 is 10.4 Å². The number of hydrogen-bond acceptors (Lipinski definition) is 5. The zero-order chi connectivity index (χ0) is 17.9. The second-order valence-corrected chi connectivity index (χ2v) is 7.06. The molecule has 0 fully saturated rings. The predicted molar refractivity (Wildman–Crippen MR) is 96.0 cm³/mol. The Hall–Kier alpha value is -3.13. The van der Waals surface area contributed by atoms with E-state index in [0.717, 1.165) is 6.21 Å². The molecule has 1 heterocycles. The topological polar surface area (TPSA) is 112 Å². The van der Waals surface area contributed by atoms with E-state index < -0.39 is 15.6 Å². The first-order valence-corrected chi connectivity index (χ1v) is 9.02. The first kappa shape index (κ1) is 16.7. The van der Waals surface area contributed by atoms with Crippen molar-refractivity contribution in [1.82, 2.24) is 9.82 Å². The summed E-state index contributed by atoms with van der Waals surface area (Å²) in [7, 11) is -3.68. The highest BCUT2D eigenvalue weighted by molar-refractivity contribution is 7.88. The maximum absolute atomic E-state index is 12.0.